The van der Waals surface area contributed by atoms with E-state index in [1.807, 2.05) is 0 Å². The number of thiophene rings is 2. The molecule has 3 heterocycles. The van der Waals surface area contributed by atoms with Gasteiger partial charge in [0, 0.05) is 16.8 Å². The Balaban J connectivity index is 1.90. The number of rotatable bonds is 6. The van der Waals surface area contributed by atoms with Gasteiger partial charge < -0.3 is 14.8 Å². The average molecular weight is 490 g/mol. The molecule has 4 rings (SSSR count). The Morgan fingerprint density at radius 3 is 2.75 bits per heavy atom. The summed E-state index contributed by atoms with van der Waals surface area (Å²) in [5.74, 6) is -0.565. The summed E-state index contributed by atoms with van der Waals surface area (Å²) < 4.78 is 11.9. The van der Waals surface area contributed by atoms with E-state index >= 15 is 0 Å². The first-order chi connectivity index (χ1) is 15.4. The van der Waals surface area contributed by atoms with Crippen molar-refractivity contribution in [3.63, 3.8) is 0 Å². The molecular formula is C21H16ClN3O5S2. The van der Waals surface area contributed by atoms with Crippen LogP contribution in [0.3, 0.4) is 0 Å². The molecule has 0 atom stereocenters. The van der Waals surface area contributed by atoms with E-state index in [-0.39, 0.29) is 17.7 Å². The molecule has 8 nitrogen and oxygen atoms in total. The summed E-state index contributed by atoms with van der Waals surface area (Å²) in [7, 11) is 1.51. The number of nitrogens with one attached hydrogen (secondary N) is 1. The Morgan fingerprint density at radius 1 is 1.25 bits per heavy atom. The van der Waals surface area contributed by atoms with Gasteiger partial charge in [-0.3, -0.25) is 9.59 Å². The van der Waals surface area contributed by atoms with E-state index < -0.39 is 17.4 Å². The lowest BCUT2D eigenvalue weighted by molar-refractivity contribution is 0.0520. The zero-order valence-electron chi connectivity index (χ0n) is 16.9. The number of benzene rings is 1. The summed E-state index contributed by atoms with van der Waals surface area (Å²) in [6.07, 6.45) is 0. The maximum absolute atomic E-state index is 13.4. The number of ether oxygens (including phenoxy) is 2. The molecule has 3 aromatic heterocycles. The maximum atomic E-state index is 13.4. The third kappa shape index (κ3) is 4.12. The van der Waals surface area contributed by atoms with E-state index in [0.29, 0.717) is 31.0 Å². The van der Waals surface area contributed by atoms with Crippen molar-refractivity contribution in [2.45, 2.75) is 6.92 Å². The van der Waals surface area contributed by atoms with Crippen LogP contribution < -0.4 is 15.6 Å². The maximum Gasteiger partial charge on any atom is 0.359 e. The van der Waals surface area contributed by atoms with Crippen molar-refractivity contribution in [3.8, 4) is 11.4 Å². The van der Waals surface area contributed by atoms with Crippen LogP contribution in [0.4, 0.5) is 5.00 Å². The van der Waals surface area contributed by atoms with Crippen molar-refractivity contribution in [3.05, 3.63) is 67.0 Å². The second kappa shape index (κ2) is 9.11. The van der Waals surface area contributed by atoms with Crippen molar-refractivity contribution >= 4 is 61.9 Å². The number of nitrogens with zero attached hydrogens (tertiary/aromatic N) is 2. The number of anilines is 1. The van der Waals surface area contributed by atoms with Gasteiger partial charge in [0.05, 0.1) is 34.0 Å². The molecule has 0 fully saturated rings. The number of fused-ring (bicyclic) bond motifs is 1. The van der Waals surface area contributed by atoms with Crippen LogP contribution in [0.25, 0.3) is 16.5 Å². The number of esters is 1. The highest BCUT2D eigenvalue weighted by atomic mass is 35.5. The first kappa shape index (κ1) is 22.0. The smallest absolute Gasteiger partial charge is 0.359 e. The fourth-order valence-corrected chi connectivity index (χ4v) is 4.88. The van der Waals surface area contributed by atoms with Crippen LogP contribution in [0.2, 0.25) is 4.34 Å². The van der Waals surface area contributed by atoms with Crippen LogP contribution >= 0.6 is 34.3 Å². The van der Waals surface area contributed by atoms with Gasteiger partial charge in [-0.15, -0.1) is 22.7 Å². The third-order valence-electron chi connectivity index (χ3n) is 4.44. The van der Waals surface area contributed by atoms with Crippen molar-refractivity contribution in [2.75, 3.05) is 19.0 Å². The van der Waals surface area contributed by atoms with Crippen LogP contribution in [0.5, 0.6) is 5.75 Å². The molecule has 32 heavy (non-hydrogen) atoms. The lowest BCUT2D eigenvalue weighted by atomic mass is 10.2. The SMILES string of the molecule is CCOC(=O)c1nn(-c2cccc(OC)c2)c(=O)c2c(NC(=O)c3ccc(Cl)s3)scc12. The van der Waals surface area contributed by atoms with Crippen molar-refractivity contribution in [1.29, 1.82) is 0 Å². The van der Waals surface area contributed by atoms with Crippen LogP contribution in [0.15, 0.2) is 46.6 Å². The summed E-state index contributed by atoms with van der Waals surface area (Å²) in [6.45, 7) is 1.83. The molecule has 1 N–H and O–H groups in total. The average Bonchev–Trinajstić information content (AvgIpc) is 3.41. The van der Waals surface area contributed by atoms with E-state index in [1.54, 1.807) is 48.7 Å². The molecule has 0 spiro atoms. The van der Waals surface area contributed by atoms with Gasteiger partial charge in [0.2, 0.25) is 0 Å². The van der Waals surface area contributed by atoms with Gasteiger partial charge in [-0.05, 0) is 31.2 Å². The van der Waals surface area contributed by atoms with Gasteiger partial charge in [0.25, 0.3) is 11.5 Å². The number of amides is 1. The van der Waals surface area contributed by atoms with E-state index in [9.17, 15) is 14.4 Å². The monoisotopic (exact) mass is 489 g/mol. The van der Waals surface area contributed by atoms with Crippen LogP contribution in [0.1, 0.15) is 27.1 Å². The highest BCUT2D eigenvalue weighted by Crippen LogP contribution is 2.32. The number of carbonyl (C=O) groups excluding carboxylic acids is 2. The largest absolute Gasteiger partial charge is 0.497 e. The molecule has 0 radical (unpaired) electrons. The minimum atomic E-state index is -0.671. The van der Waals surface area contributed by atoms with Crippen molar-refractivity contribution in [1.82, 2.24) is 9.78 Å². The van der Waals surface area contributed by atoms with Crippen LogP contribution in [-0.2, 0) is 4.74 Å². The Hall–Kier alpha value is -3.21. The Bertz CT molecular complexity index is 1390. The van der Waals surface area contributed by atoms with Gasteiger partial charge >= 0.3 is 5.97 Å². The molecule has 0 aliphatic heterocycles. The first-order valence-corrected chi connectivity index (χ1v) is 11.4. The van der Waals surface area contributed by atoms with Crippen LogP contribution in [-0.4, -0.2) is 35.4 Å². The second-order valence-corrected chi connectivity index (χ2v) is 8.99. The topological polar surface area (TPSA) is 99.5 Å². The second-order valence-electron chi connectivity index (χ2n) is 6.40. The molecule has 0 saturated heterocycles. The Morgan fingerprint density at radius 2 is 2.06 bits per heavy atom. The molecule has 1 amide bonds. The molecule has 0 aliphatic carbocycles. The first-order valence-electron chi connectivity index (χ1n) is 9.35. The Kier molecular flexibility index (Phi) is 6.26. The quantitative estimate of drug-likeness (QED) is 0.397. The molecule has 4 aromatic rings. The number of methoxy groups -OCH3 is 1. The molecule has 164 valence electrons. The minimum Gasteiger partial charge on any atom is -0.497 e. The van der Waals surface area contributed by atoms with Crippen molar-refractivity contribution < 1.29 is 19.1 Å². The number of halogens is 1. The molecule has 0 aliphatic rings. The normalized spacial score (nSPS) is 10.8. The standard InChI is InChI=1S/C21H16ClN3O5S2/c1-3-30-21(28)17-13-10-31-19(23-18(26)14-7-8-15(22)32-14)16(13)20(27)25(24-17)11-5-4-6-12(9-11)29-2/h4-10H,3H2,1-2H3,(H,23,26). The zero-order valence-corrected chi connectivity index (χ0v) is 19.3. The van der Waals surface area contributed by atoms with E-state index in [2.05, 4.69) is 10.4 Å². The summed E-state index contributed by atoms with van der Waals surface area (Å²) in [4.78, 5) is 39.1. The molecular weight excluding hydrogens is 474 g/mol. The molecule has 0 saturated carbocycles. The minimum absolute atomic E-state index is 0.0276. The van der Waals surface area contributed by atoms with E-state index in [0.717, 1.165) is 27.4 Å². The number of hydrogen-bond donors (Lipinski definition) is 1. The Labute approximate surface area is 195 Å². The predicted octanol–water partition coefficient (Wildman–Crippen LogP) is 4.60. The van der Waals surface area contributed by atoms with Crippen molar-refractivity contribution in [2.24, 2.45) is 0 Å². The summed E-state index contributed by atoms with van der Waals surface area (Å²) >= 11 is 8.17. The summed E-state index contributed by atoms with van der Waals surface area (Å²) in [5, 5.41) is 9.38. The molecule has 0 bridgehead atoms. The number of carbonyl (C=O) groups is 2. The van der Waals surface area contributed by atoms with Gasteiger partial charge in [0.15, 0.2) is 5.69 Å². The summed E-state index contributed by atoms with van der Waals surface area (Å²) in [5.41, 5.74) is -0.127. The molecule has 0 unspecified atom stereocenters. The lowest BCUT2D eigenvalue weighted by Crippen LogP contribution is -2.25. The zero-order chi connectivity index (χ0) is 22.8. The fourth-order valence-electron chi connectivity index (χ4n) is 3.01. The van der Waals surface area contributed by atoms with E-state index in [1.165, 1.54) is 7.11 Å². The van der Waals surface area contributed by atoms with Gasteiger partial charge in [0.1, 0.15) is 10.8 Å². The number of aromatic nitrogens is 2. The van der Waals surface area contributed by atoms with Crippen LogP contribution in [0, 0.1) is 0 Å². The third-order valence-corrected chi connectivity index (χ3v) is 6.57. The lowest BCUT2D eigenvalue weighted by Gasteiger charge is -2.10. The van der Waals surface area contributed by atoms with E-state index in [4.69, 9.17) is 21.1 Å². The van der Waals surface area contributed by atoms with Gasteiger partial charge in [-0.1, -0.05) is 17.7 Å². The van der Waals surface area contributed by atoms with Gasteiger partial charge in [-0.2, -0.15) is 9.78 Å². The molecule has 1 aromatic carbocycles. The highest BCUT2D eigenvalue weighted by molar-refractivity contribution is 7.18. The number of hydrogen-bond acceptors (Lipinski definition) is 8. The predicted molar refractivity (Wildman–Crippen MR) is 125 cm³/mol. The fraction of sp³-hybridized carbons (Fsp3) is 0.143. The highest BCUT2D eigenvalue weighted by Gasteiger charge is 2.23. The molecule has 11 heteroatoms. The summed E-state index contributed by atoms with van der Waals surface area (Å²) in [6, 6.07) is 9.92. The van der Waals surface area contributed by atoms with Gasteiger partial charge in [-0.25, -0.2) is 4.79 Å².